The number of nitrogens with zero attached hydrogens (tertiary/aromatic N) is 1. The van der Waals surface area contributed by atoms with Crippen LogP contribution in [0.1, 0.15) is 18.9 Å². The first kappa shape index (κ1) is 11.7. The van der Waals surface area contributed by atoms with Crippen LogP contribution in [0.3, 0.4) is 0 Å². The van der Waals surface area contributed by atoms with E-state index in [1.165, 1.54) is 11.3 Å². The summed E-state index contributed by atoms with van der Waals surface area (Å²) in [5.41, 5.74) is 5.93. The van der Waals surface area contributed by atoms with E-state index in [2.05, 4.69) is 5.32 Å². The molecule has 0 aliphatic heterocycles. The largest absolute Gasteiger partial charge is 0.330 e. The highest BCUT2D eigenvalue weighted by molar-refractivity contribution is 7.14. The zero-order chi connectivity index (χ0) is 11.3. The number of nitrogens with two attached hydrogens (primary N) is 1. The van der Waals surface area contributed by atoms with Crippen molar-refractivity contribution in [1.29, 1.82) is 5.26 Å². The highest BCUT2D eigenvalue weighted by atomic mass is 32.1. The third-order valence-corrected chi connectivity index (χ3v) is 2.80. The van der Waals surface area contributed by atoms with Crippen molar-refractivity contribution in [3.05, 3.63) is 17.0 Å². The van der Waals surface area contributed by atoms with Gasteiger partial charge in [0.05, 0.1) is 5.56 Å². The predicted molar refractivity (Wildman–Crippen MR) is 60.5 cm³/mol. The monoisotopic (exact) mass is 223 g/mol. The van der Waals surface area contributed by atoms with Crippen LogP contribution in [-0.4, -0.2) is 12.5 Å². The fourth-order valence-electron chi connectivity index (χ4n) is 1.07. The lowest BCUT2D eigenvalue weighted by molar-refractivity contribution is -0.116. The summed E-state index contributed by atoms with van der Waals surface area (Å²) in [5.74, 6) is 0.0717. The number of hydrogen-bond acceptors (Lipinski definition) is 4. The van der Waals surface area contributed by atoms with E-state index in [1.54, 1.807) is 11.4 Å². The molecule has 80 valence electrons. The molecule has 1 heterocycles. The number of thiophene rings is 1. The Morgan fingerprint density at radius 3 is 3.13 bits per heavy atom. The van der Waals surface area contributed by atoms with Crippen LogP contribution in [0.15, 0.2) is 11.4 Å². The van der Waals surface area contributed by atoms with Crippen LogP contribution in [0.5, 0.6) is 0 Å². The number of carbonyl (C=O) groups excluding carboxylic acids is 1. The van der Waals surface area contributed by atoms with Crippen molar-refractivity contribution in [2.45, 2.75) is 13.3 Å². The summed E-state index contributed by atoms with van der Waals surface area (Å²) in [5, 5.41) is 13.8. The van der Waals surface area contributed by atoms with Crippen LogP contribution in [0.25, 0.3) is 0 Å². The van der Waals surface area contributed by atoms with Gasteiger partial charge in [0.15, 0.2) is 0 Å². The Hall–Kier alpha value is -1.38. The third kappa shape index (κ3) is 3.35. The molecule has 1 aromatic heterocycles. The van der Waals surface area contributed by atoms with Crippen molar-refractivity contribution in [1.82, 2.24) is 0 Å². The van der Waals surface area contributed by atoms with Crippen LogP contribution < -0.4 is 11.1 Å². The van der Waals surface area contributed by atoms with Crippen molar-refractivity contribution < 1.29 is 4.79 Å². The summed E-state index contributed by atoms with van der Waals surface area (Å²) in [6, 6.07) is 3.71. The molecule has 0 aliphatic carbocycles. The van der Waals surface area contributed by atoms with E-state index in [4.69, 9.17) is 11.0 Å². The molecule has 15 heavy (non-hydrogen) atoms. The molecule has 1 atom stereocenters. The average molecular weight is 223 g/mol. The van der Waals surface area contributed by atoms with Gasteiger partial charge in [0.25, 0.3) is 0 Å². The van der Waals surface area contributed by atoms with E-state index >= 15 is 0 Å². The lowest BCUT2D eigenvalue weighted by Crippen LogP contribution is -2.19. The van der Waals surface area contributed by atoms with Gasteiger partial charge in [-0.05, 0) is 23.9 Å². The lowest BCUT2D eigenvalue weighted by atomic mass is 10.1. The fourth-order valence-corrected chi connectivity index (χ4v) is 1.83. The first-order valence-corrected chi connectivity index (χ1v) is 5.52. The molecule has 0 fully saturated rings. The Morgan fingerprint density at radius 1 is 1.80 bits per heavy atom. The summed E-state index contributed by atoms with van der Waals surface area (Å²) >= 11 is 1.35. The van der Waals surface area contributed by atoms with Crippen molar-refractivity contribution in [3.63, 3.8) is 0 Å². The third-order valence-electron chi connectivity index (χ3n) is 1.97. The van der Waals surface area contributed by atoms with E-state index in [1.807, 2.05) is 13.0 Å². The van der Waals surface area contributed by atoms with Crippen molar-refractivity contribution >= 4 is 22.2 Å². The van der Waals surface area contributed by atoms with Crippen LogP contribution in [0, 0.1) is 17.2 Å². The van der Waals surface area contributed by atoms with Gasteiger partial charge in [0.1, 0.15) is 11.1 Å². The number of anilines is 1. The van der Waals surface area contributed by atoms with Gasteiger partial charge in [-0.2, -0.15) is 5.26 Å². The van der Waals surface area contributed by atoms with Crippen molar-refractivity contribution in [2.75, 3.05) is 11.9 Å². The summed E-state index contributed by atoms with van der Waals surface area (Å²) in [4.78, 5) is 11.5. The highest BCUT2D eigenvalue weighted by Gasteiger charge is 2.10. The molecule has 0 saturated heterocycles. The molecule has 5 heteroatoms. The molecule has 1 amide bonds. The summed E-state index contributed by atoms with van der Waals surface area (Å²) in [6.07, 6.45) is 0.388. The number of nitriles is 1. The minimum absolute atomic E-state index is 0.0908. The second-order valence-corrected chi connectivity index (χ2v) is 4.28. The number of hydrogen-bond donors (Lipinski definition) is 2. The molecular formula is C10H13N3OS. The normalized spacial score (nSPS) is 11.8. The van der Waals surface area contributed by atoms with Gasteiger partial charge in [-0.25, -0.2) is 0 Å². The van der Waals surface area contributed by atoms with Gasteiger partial charge in [-0.15, -0.1) is 11.3 Å². The lowest BCUT2D eigenvalue weighted by Gasteiger charge is -2.07. The zero-order valence-corrected chi connectivity index (χ0v) is 9.30. The van der Waals surface area contributed by atoms with E-state index in [0.717, 1.165) is 0 Å². The summed E-state index contributed by atoms with van der Waals surface area (Å²) < 4.78 is 0. The van der Waals surface area contributed by atoms with Crippen LogP contribution in [-0.2, 0) is 4.79 Å². The Balaban J connectivity index is 2.56. The Morgan fingerprint density at radius 2 is 2.53 bits per heavy atom. The summed E-state index contributed by atoms with van der Waals surface area (Å²) in [6.45, 7) is 2.40. The van der Waals surface area contributed by atoms with Crippen LogP contribution >= 0.6 is 11.3 Å². The molecular weight excluding hydrogens is 210 g/mol. The molecule has 0 radical (unpaired) electrons. The van der Waals surface area contributed by atoms with Gasteiger partial charge < -0.3 is 11.1 Å². The molecule has 0 aromatic carbocycles. The fraction of sp³-hybridized carbons (Fsp3) is 0.400. The molecule has 0 saturated carbocycles. The SMILES string of the molecule is CC(CN)CC(=O)Nc1sccc1C#N. The number of nitrogens with one attached hydrogen (secondary N) is 1. The van der Waals surface area contributed by atoms with Gasteiger partial charge in [-0.3, -0.25) is 4.79 Å². The average Bonchev–Trinajstić information content (AvgIpc) is 2.64. The standard InChI is InChI=1S/C10H13N3OS/c1-7(5-11)4-9(14)13-10-8(6-12)2-3-15-10/h2-3,7H,4-5,11H2,1H3,(H,13,14). The maximum atomic E-state index is 11.5. The number of carbonyl (C=O) groups is 1. The minimum Gasteiger partial charge on any atom is -0.330 e. The number of amides is 1. The minimum atomic E-state index is -0.0908. The predicted octanol–water partition coefficient (Wildman–Crippen LogP) is 1.54. The van der Waals surface area contributed by atoms with Gasteiger partial charge in [0.2, 0.25) is 5.91 Å². The molecule has 4 nitrogen and oxygen atoms in total. The second kappa shape index (κ2) is 5.49. The Kier molecular flexibility index (Phi) is 4.28. The topological polar surface area (TPSA) is 78.9 Å². The second-order valence-electron chi connectivity index (χ2n) is 3.37. The molecule has 1 rings (SSSR count). The Labute approximate surface area is 92.7 Å². The molecule has 1 aromatic rings. The van der Waals surface area contributed by atoms with Crippen LogP contribution in [0.4, 0.5) is 5.00 Å². The molecule has 1 unspecified atom stereocenters. The highest BCUT2D eigenvalue weighted by Crippen LogP contribution is 2.22. The van der Waals surface area contributed by atoms with Gasteiger partial charge >= 0.3 is 0 Å². The number of rotatable bonds is 4. The molecule has 3 N–H and O–H groups in total. The van der Waals surface area contributed by atoms with Gasteiger partial charge in [0, 0.05) is 6.42 Å². The van der Waals surface area contributed by atoms with Crippen LogP contribution in [0.2, 0.25) is 0 Å². The van der Waals surface area contributed by atoms with Crippen molar-refractivity contribution in [3.8, 4) is 6.07 Å². The van der Waals surface area contributed by atoms with E-state index < -0.39 is 0 Å². The van der Waals surface area contributed by atoms with E-state index in [0.29, 0.717) is 23.5 Å². The molecule has 0 aliphatic rings. The summed E-state index contributed by atoms with van der Waals surface area (Å²) in [7, 11) is 0. The first-order chi connectivity index (χ1) is 7.17. The molecule has 0 spiro atoms. The zero-order valence-electron chi connectivity index (χ0n) is 8.49. The maximum absolute atomic E-state index is 11.5. The van der Waals surface area contributed by atoms with Crippen molar-refractivity contribution in [2.24, 2.45) is 11.7 Å². The first-order valence-electron chi connectivity index (χ1n) is 4.65. The van der Waals surface area contributed by atoms with E-state index in [9.17, 15) is 4.79 Å². The van der Waals surface area contributed by atoms with E-state index in [-0.39, 0.29) is 11.8 Å². The van der Waals surface area contributed by atoms with Gasteiger partial charge in [-0.1, -0.05) is 6.92 Å². The Bertz CT molecular complexity index is 380. The quantitative estimate of drug-likeness (QED) is 0.812. The maximum Gasteiger partial charge on any atom is 0.225 e. The molecule has 0 bridgehead atoms. The smallest absolute Gasteiger partial charge is 0.225 e.